The molecule has 1 saturated heterocycles. The Morgan fingerprint density at radius 2 is 1.86 bits per heavy atom. The van der Waals surface area contributed by atoms with Crippen molar-refractivity contribution in [2.45, 2.75) is 25.2 Å². The third kappa shape index (κ3) is 4.21. The van der Waals surface area contributed by atoms with Crippen molar-refractivity contribution >= 4 is 0 Å². The lowest BCUT2D eigenvalue weighted by atomic mass is 9.91. The summed E-state index contributed by atoms with van der Waals surface area (Å²) in [5.74, 6) is 0.179. The van der Waals surface area contributed by atoms with Crippen LogP contribution in [0.1, 0.15) is 17.5 Å². The molecule has 1 fully saturated rings. The minimum absolute atomic E-state index is 0.131. The molecule has 0 radical (unpaired) electrons. The Balaban J connectivity index is 1.97. The first kappa shape index (κ1) is 17.2. The number of aliphatic hydroxyl groups excluding tert-OH is 1. The molecule has 0 aliphatic carbocycles. The summed E-state index contributed by atoms with van der Waals surface area (Å²) in [4.78, 5) is 4.33. The van der Waals surface area contributed by atoms with E-state index >= 15 is 0 Å². The molecule has 6 heteroatoms. The van der Waals surface area contributed by atoms with Gasteiger partial charge in [0.05, 0.1) is 5.56 Å². The van der Waals surface area contributed by atoms with Crippen LogP contribution in [0.25, 0.3) is 0 Å². The van der Waals surface area contributed by atoms with Gasteiger partial charge in [-0.1, -0.05) is 12.1 Å². The predicted molar refractivity (Wildman–Crippen MR) is 79.4 cm³/mol. The van der Waals surface area contributed by atoms with E-state index in [-0.39, 0.29) is 12.5 Å². The molecule has 2 unspecified atom stereocenters. The van der Waals surface area contributed by atoms with E-state index in [9.17, 15) is 18.3 Å². The van der Waals surface area contributed by atoms with Crippen molar-refractivity contribution in [1.29, 1.82) is 0 Å². The van der Waals surface area contributed by atoms with Gasteiger partial charge >= 0.3 is 6.18 Å². The van der Waals surface area contributed by atoms with Gasteiger partial charge in [0, 0.05) is 31.7 Å². The maximum atomic E-state index is 12.6. The highest BCUT2D eigenvalue weighted by Gasteiger charge is 2.31. The van der Waals surface area contributed by atoms with E-state index in [1.54, 1.807) is 0 Å². The van der Waals surface area contributed by atoms with Gasteiger partial charge in [-0.2, -0.15) is 13.2 Å². The van der Waals surface area contributed by atoms with Crippen LogP contribution in [0.4, 0.5) is 13.2 Å². The van der Waals surface area contributed by atoms with E-state index in [0.29, 0.717) is 12.6 Å². The van der Waals surface area contributed by atoms with Crippen molar-refractivity contribution in [3.63, 3.8) is 0 Å². The predicted octanol–water partition coefficient (Wildman–Crippen LogP) is 2.45. The Labute approximate surface area is 129 Å². The Hall–Kier alpha value is -1.11. The molecule has 2 atom stereocenters. The maximum absolute atomic E-state index is 12.6. The summed E-state index contributed by atoms with van der Waals surface area (Å²) in [6, 6.07) is 5.69. The number of piperidine rings is 1. The Kier molecular flexibility index (Phi) is 5.47. The fraction of sp³-hybridized carbons (Fsp3) is 0.625. The van der Waals surface area contributed by atoms with Gasteiger partial charge in [0.15, 0.2) is 0 Å². The summed E-state index contributed by atoms with van der Waals surface area (Å²) in [7, 11) is 4.03. The fourth-order valence-corrected chi connectivity index (χ4v) is 3.16. The van der Waals surface area contributed by atoms with E-state index in [4.69, 9.17) is 0 Å². The topological polar surface area (TPSA) is 26.7 Å². The van der Waals surface area contributed by atoms with Crippen LogP contribution < -0.4 is 0 Å². The molecule has 1 aliphatic rings. The first-order chi connectivity index (χ1) is 10.3. The van der Waals surface area contributed by atoms with E-state index in [2.05, 4.69) is 9.80 Å². The van der Waals surface area contributed by atoms with Crippen LogP contribution in [0.15, 0.2) is 24.3 Å². The number of alkyl halides is 3. The zero-order valence-electron chi connectivity index (χ0n) is 13.0. The van der Waals surface area contributed by atoms with Crippen LogP contribution in [0.2, 0.25) is 0 Å². The molecule has 0 spiro atoms. The van der Waals surface area contributed by atoms with Crippen molar-refractivity contribution < 1.29 is 18.3 Å². The smallest absolute Gasteiger partial charge is 0.396 e. The molecule has 1 aromatic rings. The van der Waals surface area contributed by atoms with Gasteiger partial charge in [-0.05, 0) is 44.8 Å². The van der Waals surface area contributed by atoms with Crippen LogP contribution in [0.5, 0.6) is 0 Å². The molecule has 1 N–H and O–H groups in total. The second kappa shape index (κ2) is 6.98. The summed E-state index contributed by atoms with van der Waals surface area (Å²) in [6.07, 6.45) is -3.33. The molecule has 124 valence electrons. The minimum atomic E-state index is -4.29. The highest BCUT2D eigenvalue weighted by Crippen LogP contribution is 2.29. The van der Waals surface area contributed by atoms with Gasteiger partial charge in [0.2, 0.25) is 0 Å². The van der Waals surface area contributed by atoms with Crippen molar-refractivity contribution in [3.05, 3.63) is 35.4 Å². The zero-order valence-corrected chi connectivity index (χ0v) is 13.0. The number of hydrogen-bond acceptors (Lipinski definition) is 3. The van der Waals surface area contributed by atoms with E-state index in [1.165, 1.54) is 12.1 Å². The Bertz CT molecular complexity index is 473. The number of nitrogens with zero attached hydrogens (tertiary/aromatic N) is 2. The first-order valence-electron chi connectivity index (χ1n) is 7.47. The van der Waals surface area contributed by atoms with E-state index in [1.807, 2.05) is 14.1 Å². The van der Waals surface area contributed by atoms with Gasteiger partial charge in [0.1, 0.15) is 0 Å². The highest BCUT2D eigenvalue weighted by molar-refractivity contribution is 5.24. The minimum Gasteiger partial charge on any atom is -0.396 e. The lowest BCUT2D eigenvalue weighted by Gasteiger charge is -2.40. The second-order valence-corrected chi connectivity index (χ2v) is 6.19. The number of hydrogen-bond donors (Lipinski definition) is 1. The standard InChI is InChI=1S/C16H23F3N2O/c1-20(2)15-7-8-21(10-13(15)11-22)9-12-3-5-14(6-4-12)16(17,18)19/h3-6,13,15,22H,7-11H2,1-2H3. The third-order valence-electron chi connectivity index (χ3n) is 4.36. The maximum Gasteiger partial charge on any atom is 0.416 e. The van der Waals surface area contributed by atoms with Crippen LogP contribution in [0, 0.1) is 5.92 Å². The molecule has 0 bridgehead atoms. The number of likely N-dealkylation sites (tertiary alicyclic amines) is 1. The monoisotopic (exact) mass is 316 g/mol. The molecule has 3 nitrogen and oxygen atoms in total. The fourth-order valence-electron chi connectivity index (χ4n) is 3.16. The lowest BCUT2D eigenvalue weighted by Crippen LogP contribution is -2.49. The zero-order chi connectivity index (χ0) is 16.3. The van der Waals surface area contributed by atoms with E-state index in [0.717, 1.165) is 37.2 Å². The number of benzene rings is 1. The molecule has 1 aromatic carbocycles. The first-order valence-corrected chi connectivity index (χ1v) is 7.47. The Morgan fingerprint density at radius 1 is 1.23 bits per heavy atom. The molecule has 22 heavy (non-hydrogen) atoms. The average Bonchev–Trinajstić information content (AvgIpc) is 2.46. The summed E-state index contributed by atoms with van der Waals surface area (Å²) >= 11 is 0. The Morgan fingerprint density at radius 3 is 2.36 bits per heavy atom. The highest BCUT2D eigenvalue weighted by atomic mass is 19.4. The van der Waals surface area contributed by atoms with Gasteiger partial charge < -0.3 is 10.0 Å². The van der Waals surface area contributed by atoms with Gasteiger partial charge in [-0.25, -0.2) is 0 Å². The molecule has 1 heterocycles. The third-order valence-corrected chi connectivity index (χ3v) is 4.36. The van der Waals surface area contributed by atoms with Gasteiger partial charge in [-0.3, -0.25) is 4.90 Å². The molecule has 2 rings (SSSR count). The molecule has 1 aliphatic heterocycles. The second-order valence-electron chi connectivity index (χ2n) is 6.19. The average molecular weight is 316 g/mol. The quantitative estimate of drug-likeness (QED) is 0.924. The van der Waals surface area contributed by atoms with Crippen molar-refractivity contribution in [3.8, 4) is 0 Å². The normalized spacial score (nSPS) is 24.0. The number of halogens is 3. The van der Waals surface area contributed by atoms with E-state index < -0.39 is 11.7 Å². The van der Waals surface area contributed by atoms with Crippen LogP contribution in [0.3, 0.4) is 0 Å². The summed E-state index contributed by atoms with van der Waals surface area (Å²) in [5, 5.41) is 9.54. The van der Waals surface area contributed by atoms with Gasteiger partial charge in [0.25, 0.3) is 0 Å². The van der Waals surface area contributed by atoms with Crippen LogP contribution in [-0.4, -0.2) is 54.7 Å². The number of aliphatic hydroxyl groups is 1. The van der Waals surface area contributed by atoms with Crippen molar-refractivity contribution in [2.75, 3.05) is 33.8 Å². The van der Waals surface area contributed by atoms with Crippen LogP contribution in [-0.2, 0) is 12.7 Å². The number of rotatable bonds is 4. The van der Waals surface area contributed by atoms with Crippen LogP contribution >= 0.6 is 0 Å². The molecule has 0 saturated carbocycles. The lowest BCUT2D eigenvalue weighted by molar-refractivity contribution is -0.137. The molecule has 0 aromatic heterocycles. The molecular formula is C16H23F3N2O. The van der Waals surface area contributed by atoms with Gasteiger partial charge in [-0.15, -0.1) is 0 Å². The summed E-state index contributed by atoms with van der Waals surface area (Å²) in [5.41, 5.74) is 0.254. The largest absolute Gasteiger partial charge is 0.416 e. The summed E-state index contributed by atoms with van der Waals surface area (Å²) < 4.78 is 37.7. The van der Waals surface area contributed by atoms with Crippen molar-refractivity contribution in [2.24, 2.45) is 5.92 Å². The summed E-state index contributed by atoms with van der Waals surface area (Å²) in [6.45, 7) is 2.40. The van der Waals surface area contributed by atoms with Crippen molar-refractivity contribution in [1.82, 2.24) is 9.80 Å². The molecular weight excluding hydrogens is 293 g/mol. The molecule has 0 amide bonds. The SMILES string of the molecule is CN(C)C1CCN(Cc2ccc(C(F)(F)F)cc2)CC1CO.